The number of ether oxygens (including phenoxy) is 1. The maximum Gasteiger partial charge on any atom is 0.481 e. The van der Waals surface area contributed by atoms with Crippen molar-refractivity contribution >= 4 is 75.1 Å². The Labute approximate surface area is 334 Å². The molecule has 0 aromatic carbocycles. The molecule has 1 aliphatic heterocycles. The zero-order chi connectivity index (χ0) is 43.6. The highest BCUT2D eigenvalue weighted by Gasteiger charge is 2.50. The second-order valence-electron chi connectivity index (χ2n) is 13.5. The molecular weight excluding hydrogens is 863 g/mol. The monoisotopic (exact) mass is 909 g/mol. The molecule has 11 N–H and O–H groups in total. The molecule has 1 saturated heterocycles. The number of nitrogens with zero attached hydrogens (tertiary/aromatic N) is 4. The first kappa shape index (κ1) is 49.4. The average Bonchev–Trinajstić information content (AvgIpc) is 3.66. The van der Waals surface area contributed by atoms with Gasteiger partial charge in [0.15, 0.2) is 22.8 Å². The Morgan fingerprint density at radius 2 is 1.71 bits per heavy atom. The summed E-state index contributed by atoms with van der Waals surface area (Å²) in [4.78, 5) is 98.2. The number of nitrogen functional groups attached to an aromatic ring is 1. The molecule has 0 aliphatic carbocycles. The fourth-order valence-corrected chi connectivity index (χ4v) is 8.65. The van der Waals surface area contributed by atoms with Crippen LogP contribution in [-0.2, 0) is 55.5 Å². The van der Waals surface area contributed by atoms with Crippen LogP contribution in [0.3, 0.4) is 0 Å². The van der Waals surface area contributed by atoms with Gasteiger partial charge in [-0.2, -0.15) is 4.31 Å². The summed E-state index contributed by atoms with van der Waals surface area (Å²) in [6.07, 6.45) is -6.48. The van der Waals surface area contributed by atoms with Gasteiger partial charge >= 0.3 is 29.4 Å². The minimum absolute atomic E-state index is 0.0215. The van der Waals surface area contributed by atoms with E-state index in [0.717, 1.165) is 29.0 Å². The van der Waals surface area contributed by atoms with Gasteiger partial charge in [0.25, 0.3) is 0 Å². The third-order valence-electron chi connectivity index (χ3n) is 8.13. The zero-order valence-electron chi connectivity index (χ0n) is 31.1. The lowest BCUT2D eigenvalue weighted by molar-refractivity contribution is -0.138. The van der Waals surface area contributed by atoms with Gasteiger partial charge in [0, 0.05) is 43.5 Å². The molecular formula is C28H46N7O19P3S. The van der Waals surface area contributed by atoms with E-state index in [2.05, 4.69) is 34.4 Å². The van der Waals surface area contributed by atoms with Gasteiger partial charge in [-0.25, -0.2) is 28.6 Å². The minimum atomic E-state index is -5.59. The standard InChI is InChI=1S/C28H46N7O19P3S/c1-15(10-18(37)38)4-5-19(39)58-9-8-30-17(36)6-7-31-26(42)23(41)28(2,3)12-51-57(48,49)54-56(46,47)50-11-16-22(53-55(43,44)45)21(40)27(52-16)35-14-34-20-24(29)32-13-33-25(20)35/h13-16,21-23,27,40-41H,4-12H2,1-3H3,(H,30,36)(H,31,42)(H,37,38)(H,46,47)(H,48,49)(H2,29,32,33)(H2,43,44,45)/t15?,16-,21+,22-,23+,27+/m1/s1. The molecule has 0 saturated carbocycles. The summed E-state index contributed by atoms with van der Waals surface area (Å²) in [6.45, 7) is 2.04. The summed E-state index contributed by atoms with van der Waals surface area (Å²) >= 11 is 0.984. The van der Waals surface area contributed by atoms with Crippen molar-refractivity contribution in [3.8, 4) is 0 Å². The van der Waals surface area contributed by atoms with E-state index in [1.54, 1.807) is 6.92 Å². The maximum atomic E-state index is 12.7. The summed E-state index contributed by atoms with van der Waals surface area (Å²) < 4.78 is 62.0. The number of nitrogens with two attached hydrogens (primary N) is 1. The third kappa shape index (κ3) is 15.6. The van der Waals surface area contributed by atoms with E-state index in [4.69, 9.17) is 24.6 Å². The summed E-state index contributed by atoms with van der Waals surface area (Å²) in [7, 11) is -16.4. The van der Waals surface area contributed by atoms with E-state index in [1.807, 2.05) is 0 Å². The Hall–Kier alpha value is -2.97. The number of aliphatic hydroxyl groups is 2. The highest BCUT2D eigenvalue weighted by Crippen LogP contribution is 2.61. The van der Waals surface area contributed by atoms with Crippen molar-refractivity contribution in [3.05, 3.63) is 12.7 Å². The van der Waals surface area contributed by atoms with Crippen molar-refractivity contribution in [1.82, 2.24) is 30.2 Å². The van der Waals surface area contributed by atoms with E-state index < -0.39 is 90.5 Å². The van der Waals surface area contributed by atoms with Crippen LogP contribution in [0.4, 0.5) is 5.82 Å². The van der Waals surface area contributed by atoms with Crippen molar-refractivity contribution in [2.45, 2.75) is 77.1 Å². The number of carbonyl (C=O) groups excluding carboxylic acids is 3. The Morgan fingerprint density at radius 3 is 2.36 bits per heavy atom. The van der Waals surface area contributed by atoms with Gasteiger partial charge < -0.3 is 56.0 Å². The van der Waals surface area contributed by atoms with Crippen LogP contribution < -0.4 is 16.4 Å². The highest BCUT2D eigenvalue weighted by molar-refractivity contribution is 8.13. The van der Waals surface area contributed by atoms with Gasteiger partial charge in [-0.1, -0.05) is 32.5 Å². The van der Waals surface area contributed by atoms with Crippen LogP contribution in [0.5, 0.6) is 0 Å². The molecule has 3 unspecified atom stereocenters. The van der Waals surface area contributed by atoms with Gasteiger partial charge in [-0.15, -0.1) is 0 Å². The van der Waals surface area contributed by atoms with Crippen molar-refractivity contribution in [2.24, 2.45) is 11.3 Å². The number of thioether (sulfide) groups is 1. The molecule has 3 rings (SSSR count). The van der Waals surface area contributed by atoms with Crippen LogP contribution in [0.2, 0.25) is 0 Å². The van der Waals surface area contributed by atoms with Crippen LogP contribution >= 0.6 is 35.2 Å². The van der Waals surface area contributed by atoms with Crippen molar-refractivity contribution < 1.29 is 90.4 Å². The molecule has 26 nitrogen and oxygen atoms in total. The van der Waals surface area contributed by atoms with Crippen LogP contribution in [0, 0.1) is 11.3 Å². The van der Waals surface area contributed by atoms with Crippen LogP contribution in [0.1, 0.15) is 52.7 Å². The molecule has 0 bridgehead atoms. The number of hydrogen-bond donors (Lipinski definition) is 10. The predicted molar refractivity (Wildman–Crippen MR) is 198 cm³/mol. The van der Waals surface area contributed by atoms with Gasteiger partial charge in [0.05, 0.1) is 19.5 Å². The molecule has 2 aromatic rings. The quantitative estimate of drug-likeness (QED) is 0.0471. The van der Waals surface area contributed by atoms with Crippen LogP contribution in [0.25, 0.3) is 11.2 Å². The molecule has 2 amide bonds. The number of phosphoric acid groups is 3. The topological polar surface area (TPSA) is 401 Å². The number of carboxylic acids is 1. The van der Waals surface area contributed by atoms with E-state index in [-0.39, 0.29) is 66.1 Å². The first-order valence-electron chi connectivity index (χ1n) is 17.1. The van der Waals surface area contributed by atoms with Crippen LogP contribution in [0.15, 0.2) is 12.7 Å². The zero-order valence-corrected chi connectivity index (χ0v) is 34.6. The van der Waals surface area contributed by atoms with E-state index in [1.165, 1.54) is 13.8 Å². The lowest BCUT2D eigenvalue weighted by Gasteiger charge is -2.30. The summed E-state index contributed by atoms with van der Waals surface area (Å²) in [6, 6.07) is 0. The van der Waals surface area contributed by atoms with Gasteiger partial charge in [-0.05, 0) is 12.3 Å². The normalized spacial score (nSPS) is 21.8. The number of phosphoric ester groups is 3. The first-order chi connectivity index (χ1) is 26.8. The SMILES string of the molecule is CC(CCC(=O)SCCNC(=O)CCNC(=O)[C@H](O)C(C)(C)COP(=O)(O)OP(=O)(O)OC[C@H]1O[C@H](n2cnc3c(N)ncnc32)[C@@H](O)[C@@H]1OP(=O)(O)O)CC(=O)O. The number of aliphatic hydroxyl groups excluding tert-OH is 2. The lowest BCUT2D eigenvalue weighted by Crippen LogP contribution is -2.46. The second kappa shape index (κ2) is 21.0. The number of imidazole rings is 1. The summed E-state index contributed by atoms with van der Waals surface area (Å²) in [5, 5.41) is 34.9. The molecule has 58 heavy (non-hydrogen) atoms. The number of aliphatic carboxylic acids is 1. The minimum Gasteiger partial charge on any atom is -0.481 e. The molecule has 2 aromatic heterocycles. The molecule has 1 aliphatic rings. The van der Waals surface area contributed by atoms with Crippen molar-refractivity contribution in [2.75, 3.05) is 37.8 Å². The fraction of sp³-hybridized carbons (Fsp3) is 0.679. The smallest absolute Gasteiger partial charge is 0.481 e. The Morgan fingerprint density at radius 1 is 1.03 bits per heavy atom. The Balaban J connectivity index is 1.45. The van der Waals surface area contributed by atoms with Gasteiger partial charge in [-0.3, -0.25) is 37.3 Å². The lowest BCUT2D eigenvalue weighted by atomic mass is 9.87. The number of anilines is 1. The largest absolute Gasteiger partial charge is 0.481 e. The number of amides is 2. The van der Waals surface area contributed by atoms with Gasteiger partial charge in [0.1, 0.15) is 36.3 Å². The third-order valence-corrected chi connectivity index (χ3v) is 12.2. The number of aromatic nitrogens is 4. The predicted octanol–water partition coefficient (Wildman–Crippen LogP) is -0.444. The highest BCUT2D eigenvalue weighted by atomic mass is 32.2. The number of fused-ring (bicyclic) bond motifs is 1. The molecule has 0 spiro atoms. The number of nitrogens with one attached hydrogen (secondary N) is 2. The number of carbonyl (C=O) groups is 4. The van der Waals surface area contributed by atoms with Crippen molar-refractivity contribution in [1.29, 1.82) is 0 Å². The van der Waals surface area contributed by atoms with Crippen molar-refractivity contribution in [3.63, 3.8) is 0 Å². The number of rotatable bonds is 24. The molecule has 8 atom stereocenters. The number of carboxylic acid groups (broad SMARTS) is 1. The molecule has 1 fully saturated rings. The molecule has 328 valence electrons. The molecule has 0 radical (unpaired) electrons. The maximum absolute atomic E-state index is 12.7. The molecule has 3 heterocycles. The Kier molecular flexibility index (Phi) is 17.9. The van der Waals surface area contributed by atoms with E-state index >= 15 is 0 Å². The summed E-state index contributed by atoms with van der Waals surface area (Å²) in [5.41, 5.74) is 4.21. The van der Waals surface area contributed by atoms with Gasteiger partial charge in [0.2, 0.25) is 11.8 Å². The summed E-state index contributed by atoms with van der Waals surface area (Å²) in [5.74, 6) is -2.38. The second-order valence-corrected chi connectivity index (χ2v) is 18.9. The van der Waals surface area contributed by atoms with E-state index in [9.17, 15) is 62.7 Å². The Bertz CT molecular complexity index is 1920. The average molecular weight is 910 g/mol. The fourth-order valence-electron chi connectivity index (χ4n) is 5.13. The molecule has 30 heteroatoms. The van der Waals surface area contributed by atoms with E-state index in [0.29, 0.717) is 6.42 Å². The number of hydrogen-bond acceptors (Lipinski definition) is 19. The first-order valence-corrected chi connectivity index (χ1v) is 22.6. The van der Waals surface area contributed by atoms with Crippen LogP contribution in [-0.4, -0.2) is 134 Å².